The molecule has 1 aromatic carbocycles. The molecule has 2 heteroatoms. The number of para-hydroxylation sites is 1. The lowest BCUT2D eigenvalue weighted by Crippen LogP contribution is -2.38. The first-order chi connectivity index (χ1) is 7.77. The van der Waals surface area contributed by atoms with Crippen molar-refractivity contribution in [1.82, 2.24) is 4.90 Å². The molecule has 0 aliphatic heterocycles. The summed E-state index contributed by atoms with van der Waals surface area (Å²) in [6, 6.07) is 10.0. The monoisotopic (exact) mass is 221 g/mol. The van der Waals surface area contributed by atoms with E-state index in [0.717, 1.165) is 18.8 Å². The van der Waals surface area contributed by atoms with E-state index in [9.17, 15) is 0 Å². The number of nitrogens with zero attached hydrogens (tertiary/aromatic N) is 1. The van der Waals surface area contributed by atoms with E-state index in [1.807, 2.05) is 30.3 Å². The fraction of sp³-hybridized carbons (Fsp3) is 0.571. The van der Waals surface area contributed by atoms with Crippen LogP contribution in [0, 0.1) is 0 Å². The molecule has 1 rings (SSSR count). The van der Waals surface area contributed by atoms with Crippen molar-refractivity contribution in [2.75, 3.05) is 13.1 Å². The molecular formula is C14H23NO. The van der Waals surface area contributed by atoms with Crippen molar-refractivity contribution in [3.05, 3.63) is 30.3 Å². The number of hydrogen-bond acceptors (Lipinski definition) is 2. The predicted octanol–water partition coefficient (Wildman–Crippen LogP) is 3.53. The van der Waals surface area contributed by atoms with Gasteiger partial charge >= 0.3 is 0 Å². The van der Waals surface area contributed by atoms with E-state index < -0.39 is 0 Å². The summed E-state index contributed by atoms with van der Waals surface area (Å²) in [4.78, 5) is 2.38. The van der Waals surface area contributed by atoms with Crippen LogP contribution in [0.15, 0.2) is 30.3 Å². The van der Waals surface area contributed by atoms with Crippen LogP contribution in [0.25, 0.3) is 0 Å². The molecule has 0 bridgehead atoms. The summed E-state index contributed by atoms with van der Waals surface area (Å²) in [5.74, 6) is 0.951. The lowest BCUT2D eigenvalue weighted by Gasteiger charge is -2.28. The average Bonchev–Trinajstić information content (AvgIpc) is 2.30. The highest BCUT2D eigenvalue weighted by Gasteiger charge is 2.12. The molecule has 2 nitrogen and oxygen atoms in total. The molecule has 16 heavy (non-hydrogen) atoms. The fourth-order valence-electron chi connectivity index (χ4n) is 1.82. The van der Waals surface area contributed by atoms with Gasteiger partial charge in [0.2, 0.25) is 0 Å². The second-order valence-electron chi connectivity index (χ2n) is 4.07. The molecule has 0 aliphatic rings. The lowest BCUT2D eigenvalue weighted by atomic mass is 10.3. The molecule has 0 aliphatic carbocycles. The summed E-state index contributed by atoms with van der Waals surface area (Å²) in [6.45, 7) is 8.73. The zero-order valence-electron chi connectivity index (χ0n) is 10.6. The lowest BCUT2D eigenvalue weighted by molar-refractivity contribution is 0.0396. The highest BCUT2D eigenvalue weighted by Crippen LogP contribution is 2.13. The van der Waals surface area contributed by atoms with Crippen LogP contribution in [0.4, 0.5) is 0 Å². The Morgan fingerprint density at radius 3 is 2.12 bits per heavy atom. The van der Waals surface area contributed by atoms with Gasteiger partial charge in [0.25, 0.3) is 0 Å². The standard InChI is InChI=1S/C14H23NO/c1-4-11-15(12-5-2)13(3)16-14-9-7-6-8-10-14/h6-10,13H,4-5,11-12H2,1-3H3. The van der Waals surface area contributed by atoms with Gasteiger partial charge in [-0.2, -0.15) is 0 Å². The van der Waals surface area contributed by atoms with Crippen molar-refractivity contribution in [3.8, 4) is 5.75 Å². The number of benzene rings is 1. The van der Waals surface area contributed by atoms with E-state index in [0.29, 0.717) is 0 Å². The zero-order chi connectivity index (χ0) is 11.8. The topological polar surface area (TPSA) is 12.5 Å². The van der Waals surface area contributed by atoms with Gasteiger partial charge in [0.1, 0.15) is 12.0 Å². The first kappa shape index (κ1) is 13.0. The number of rotatable bonds is 7. The van der Waals surface area contributed by atoms with Gasteiger partial charge in [-0.05, 0) is 31.9 Å². The zero-order valence-corrected chi connectivity index (χ0v) is 10.6. The summed E-state index contributed by atoms with van der Waals surface area (Å²) in [7, 11) is 0. The van der Waals surface area contributed by atoms with E-state index >= 15 is 0 Å². The molecule has 0 aromatic heterocycles. The van der Waals surface area contributed by atoms with Gasteiger partial charge in [0.15, 0.2) is 0 Å². The van der Waals surface area contributed by atoms with Gasteiger partial charge in [-0.15, -0.1) is 0 Å². The Bertz CT molecular complexity index is 267. The van der Waals surface area contributed by atoms with Gasteiger partial charge in [-0.3, -0.25) is 4.90 Å². The predicted molar refractivity (Wildman–Crippen MR) is 68.7 cm³/mol. The molecule has 0 saturated carbocycles. The van der Waals surface area contributed by atoms with Crippen molar-refractivity contribution in [2.24, 2.45) is 0 Å². The maximum atomic E-state index is 5.91. The summed E-state index contributed by atoms with van der Waals surface area (Å²) in [5, 5.41) is 0. The van der Waals surface area contributed by atoms with Crippen molar-refractivity contribution >= 4 is 0 Å². The molecule has 1 unspecified atom stereocenters. The minimum Gasteiger partial charge on any atom is -0.475 e. The third-order valence-electron chi connectivity index (χ3n) is 2.59. The first-order valence-electron chi connectivity index (χ1n) is 6.23. The Hall–Kier alpha value is -1.02. The van der Waals surface area contributed by atoms with E-state index in [-0.39, 0.29) is 6.23 Å². The highest BCUT2D eigenvalue weighted by molar-refractivity contribution is 5.21. The van der Waals surface area contributed by atoms with Gasteiger partial charge in [-0.1, -0.05) is 32.0 Å². The summed E-state index contributed by atoms with van der Waals surface area (Å²) < 4.78 is 5.91. The Morgan fingerprint density at radius 1 is 1.06 bits per heavy atom. The third kappa shape index (κ3) is 4.23. The molecule has 0 heterocycles. The fourth-order valence-corrected chi connectivity index (χ4v) is 1.82. The Kier molecular flexibility index (Phi) is 5.94. The van der Waals surface area contributed by atoms with Gasteiger partial charge in [-0.25, -0.2) is 0 Å². The quantitative estimate of drug-likeness (QED) is 0.653. The first-order valence-corrected chi connectivity index (χ1v) is 6.23. The van der Waals surface area contributed by atoms with E-state index in [4.69, 9.17) is 4.74 Å². The van der Waals surface area contributed by atoms with Crippen molar-refractivity contribution < 1.29 is 4.74 Å². The summed E-state index contributed by atoms with van der Waals surface area (Å²) >= 11 is 0. The Labute approximate surface area is 99.2 Å². The van der Waals surface area contributed by atoms with Crippen LogP contribution in [0.1, 0.15) is 33.6 Å². The van der Waals surface area contributed by atoms with Gasteiger partial charge < -0.3 is 4.74 Å². The molecule has 1 atom stereocenters. The summed E-state index contributed by atoms with van der Waals surface area (Å²) in [5.41, 5.74) is 0. The second kappa shape index (κ2) is 7.29. The van der Waals surface area contributed by atoms with Crippen molar-refractivity contribution in [1.29, 1.82) is 0 Å². The van der Waals surface area contributed by atoms with E-state index in [2.05, 4.69) is 25.7 Å². The maximum Gasteiger partial charge on any atom is 0.149 e. The van der Waals surface area contributed by atoms with Gasteiger partial charge in [0, 0.05) is 13.1 Å². The van der Waals surface area contributed by atoms with Crippen LogP contribution >= 0.6 is 0 Å². The SMILES string of the molecule is CCCN(CCC)C(C)Oc1ccccc1. The molecule has 0 N–H and O–H groups in total. The van der Waals surface area contributed by atoms with Crippen LogP contribution in [0.2, 0.25) is 0 Å². The third-order valence-corrected chi connectivity index (χ3v) is 2.59. The molecular weight excluding hydrogens is 198 g/mol. The molecule has 0 spiro atoms. The normalized spacial score (nSPS) is 12.8. The van der Waals surface area contributed by atoms with Crippen LogP contribution in [-0.2, 0) is 0 Å². The van der Waals surface area contributed by atoms with Crippen LogP contribution < -0.4 is 4.74 Å². The smallest absolute Gasteiger partial charge is 0.149 e. The molecule has 90 valence electrons. The highest BCUT2D eigenvalue weighted by atomic mass is 16.5. The number of ether oxygens (including phenoxy) is 1. The Morgan fingerprint density at radius 2 is 1.62 bits per heavy atom. The molecule has 1 aromatic rings. The summed E-state index contributed by atoms with van der Waals surface area (Å²) in [6.07, 6.45) is 2.49. The molecule has 0 saturated heterocycles. The van der Waals surface area contributed by atoms with Crippen molar-refractivity contribution in [2.45, 2.75) is 39.8 Å². The molecule has 0 fully saturated rings. The average molecular weight is 221 g/mol. The van der Waals surface area contributed by atoms with Crippen LogP contribution in [-0.4, -0.2) is 24.2 Å². The minimum absolute atomic E-state index is 0.155. The largest absolute Gasteiger partial charge is 0.475 e. The van der Waals surface area contributed by atoms with E-state index in [1.54, 1.807) is 0 Å². The van der Waals surface area contributed by atoms with Crippen LogP contribution in [0.5, 0.6) is 5.75 Å². The maximum absolute atomic E-state index is 5.91. The van der Waals surface area contributed by atoms with Crippen molar-refractivity contribution in [3.63, 3.8) is 0 Å². The van der Waals surface area contributed by atoms with Crippen LogP contribution in [0.3, 0.4) is 0 Å². The van der Waals surface area contributed by atoms with Gasteiger partial charge in [0.05, 0.1) is 0 Å². The Balaban J connectivity index is 2.51. The molecule has 0 radical (unpaired) electrons. The second-order valence-corrected chi connectivity index (χ2v) is 4.07. The number of hydrogen-bond donors (Lipinski definition) is 0. The minimum atomic E-state index is 0.155. The van der Waals surface area contributed by atoms with E-state index in [1.165, 1.54) is 12.8 Å². The molecule has 0 amide bonds.